The predicted molar refractivity (Wildman–Crippen MR) is 140 cm³/mol. The molecule has 0 radical (unpaired) electrons. The Morgan fingerprint density at radius 2 is 1.79 bits per heavy atom. The van der Waals surface area contributed by atoms with E-state index in [1.54, 1.807) is 32.0 Å². The molecule has 16 heteroatoms. The molecular formula is C27H32F6N4O6. The maximum Gasteiger partial charge on any atom is 0.423 e. The standard InChI is InChI=1S/C27H32F6N4O6/c1-13(2)9-19(37-17-5-4-6-21(42-3)15(17)11-18(37)22(34)39)24(41)36-16(10-14-7-8-35-23(14)40)20(38)12-43-25(26(28,29)30)27(31,32)33/h4-6,11,13-14,16,19,25H,7-10,12H2,1-3H3,(H2,34,39)(H,35,40)(H,36,41)/t14-,16-,19-/m0/s1. The van der Waals surface area contributed by atoms with Gasteiger partial charge in [0, 0.05) is 17.8 Å². The maximum absolute atomic E-state index is 13.8. The number of nitrogens with two attached hydrogens (primary N) is 1. The molecule has 1 aromatic carbocycles. The zero-order chi connectivity index (χ0) is 32.3. The number of Topliss-reactive ketones (excluding diaryl/α,β-unsaturated/α-hetero) is 1. The lowest BCUT2D eigenvalue weighted by atomic mass is 9.95. The normalized spacial score (nSPS) is 17.3. The minimum atomic E-state index is -5.85. The van der Waals surface area contributed by atoms with Gasteiger partial charge < -0.3 is 30.4 Å². The third-order valence-electron chi connectivity index (χ3n) is 7.00. The van der Waals surface area contributed by atoms with Crippen molar-refractivity contribution in [2.45, 2.75) is 63.7 Å². The number of rotatable bonds is 13. The summed E-state index contributed by atoms with van der Waals surface area (Å²) in [4.78, 5) is 51.5. The average molecular weight is 623 g/mol. The van der Waals surface area contributed by atoms with Crippen molar-refractivity contribution in [3.63, 3.8) is 0 Å². The highest BCUT2D eigenvalue weighted by atomic mass is 19.4. The number of ketones is 1. The number of halogens is 6. The van der Waals surface area contributed by atoms with E-state index in [1.165, 1.54) is 17.7 Å². The van der Waals surface area contributed by atoms with Gasteiger partial charge >= 0.3 is 12.4 Å². The van der Waals surface area contributed by atoms with Gasteiger partial charge in [-0.15, -0.1) is 0 Å². The number of aromatic nitrogens is 1. The number of primary amides is 1. The lowest BCUT2D eigenvalue weighted by Crippen LogP contribution is -2.50. The Labute approximate surface area is 242 Å². The predicted octanol–water partition coefficient (Wildman–Crippen LogP) is 3.43. The van der Waals surface area contributed by atoms with Crippen LogP contribution in [0.25, 0.3) is 10.9 Å². The Bertz CT molecular complexity index is 1340. The van der Waals surface area contributed by atoms with E-state index in [0.29, 0.717) is 16.7 Å². The number of hydrogen-bond acceptors (Lipinski definition) is 6. The summed E-state index contributed by atoms with van der Waals surface area (Å²) in [6.07, 6.45) is -16.0. The van der Waals surface area contributed by atoms with E-state index in [-0.39, 0.29) is 31.0 Å². The van der Waals surface area contributed by atoms with Gasteiger partial charge in [0.15, 0.2) is 5.78 Å². The van der Waals surface area contributed by atoms with Crippen LogP contribution in [0.1, 0.15) is 49.6 Å². The van der Waals surface area contributed by atoms with Gasteiger partial charge in [-0.2, -0.15) is 26.3 Å². The van der Waals surface area contributed by atoms with Gasteiger partial charge in [-0.3, -0.25) is 19.2 Å². The van der Waals surface area contributed by atoms with E-state index in [1.807, 2.05) is 0 Å². The van der Waals surface area contributed by atoms with Gasteiger partial charge in [0.25, 0.3) is 5.91 Å². The first-order valence-corrected chi connectivity index (χ1v) is 13.3. The van der Waals surface area contributed by atoms with Crippen LogP contribution in [0.3, 0.4) is 0 Å². The minimum Gasteiger partial charge on any atom is -0.496 e. The molecule has 0 spiro atoms. The molecule has 0 saturated carbocycles. The van der Waals surface area contributed by atoms with E-state index in [0.717, 1.165) is 0 Å². The van der Waals surface area contributed by atoms with Gasteiger partial charge in [-0.1, -0.05) is 19.9 Å². The fourth-order valence-corrected chi connectivity index (χ4v) is 5.04. The molecule has 43 heavy (non-hydrogen) atoms. The Hall–Kier alpha value is -3.82. The molecule has 1 saturated heterocycles. The van der Waals surface area contributed by atoms with Gasteiger partial charge in [0.2, 0.25) is 17.9 Å². The Morgan fingerprint density at radius 1 is 1.14 bits per heavy atom. The van der Waals surface area contributed by atoms with Crippen molar-refractivity contribution in [3.8, 4) is 5.75 Å². The number of nitrogens with zero attached hydrogens (tertiary/aromatic N) is 1. The van der Waals surface area contributed by atoms with Crippen LogP contribution in [0.5, 0.6) is 5.75 Å². The van der Waals surface area contributed by atoms with Crippen molar-refractivity contribution in [1.29, 1.82) is 0 Å². The maximum atomic E-state index is 13.8. The van der Waals surface area contributed by atoms with Crippen LogP contribution in [0.2, 0.25) is 0 Å². The monoisotopic (exact) mass is 622 g/mol. The van der Waals surface area contributed by atoms with Gasteiger partial charge in [-0.05, 0) is 43.4 Å². The van der Waals surface area contributed by atoms with Crippen LogP contribution in [0.15, 0.2) is 24.3 Å². The van der Waals surface area contributed by atoms with Crippen molar-refractivity contribution >= 4 is 34.4 Å². The molecule has 238 valence electrons. The number of hydrogen-bond donors (Lipinski definition) is 3. The van der Waals surface area contributed by atoms with Gasteiger partial charge in [-0.25, -0.2) is 0 Å². The third kappa shape index (κ3) is 7.97. The van der Waals surface area contributed by atoms with Crippen LogP contribution in [0, 0.1) is 11.8 Å². The quantitative estimate of drug-likeness (QED) is 0.293. The number of alkyl halides is 6. The van der Waals surface area contributed by atoms with Crippen molar-refractivity contribution in [3.05, 3.63) is 30.0 Å². The van der Waals surface area contributed by atoms with Gasteiger partial charge in [0.1, 0.15) is 24.1 Å². The fraction of sp³-hybridized carbons (Fsp3) is 0.556. The number of carbonyl (C=O) groups excluding carboxylic acids is 4. The molecule has 0 bridgehead atoms. The molecule has 3 atom stereocenters. The van der Waals surface area contributed by atoms with Crippen molar-refractivity contribution in [2.75, 3.05) is 20.3 Å². The molecule has 2 heterocycles. The molecular weight excluding hydrogens is 590 g/mol. The number of carbonyl (C=O) groups is 4. The van der Waals surface area contributed by atoms with E-state index in [4.69, 9.17) is 10.5 Å². The number of amides is 3. The molecule has 1 aromatic heterocycles. The molecule has 3 amide bonds. The highest BCUT2D eigenvalue weighted by Crippen LogP contribution is 2.36. The SMILES string of the molecule is COc1cccc2c1cc(C(N)=O)n2[C@@H](CC(C)C)C(=O)N[C@@H](C[C@@H]1CCNC1=O)C(=O)COC(C(F)(F)F)C(F)(F)F. The van der Waals surface area contributed by atoms with Crippen molar-refractivity contribution in [1.82, 2.24) is 15.2 Å². The number of methoxy groups -OCH3 is 1. The van der Waals surface area contributed by atoms with Crippen molar-refractivity contribution < 1.29 is 55.0 Å². The number of ether oxygens (including phenoxy) is 2. The summed E-state index contributed by atoms with van der Waals surface area (Å²) in [5.41, 5.74) is 5.90. The van der Waals surface area contributed by atoms with Crippen LogP contribution in [0.4, 0.5) is 26.3 Å². The van der Waals surface area contributed by atoms with Gasteiger partial charge in [0.05, 0.1) is 18.7 Å². The van der Waals surface area contributed by atoms with E-state index in [9.17, 15) is 45.5 Å². The lowest BCUT2D eigenvalue weighted by molar-refractivity contribution is -0.319. The summed E-state index contributed by atoms with van der Waals surface area (Å²) in [6, 6.07) is 3.34. The molecule has 10 nitrogen and oxygen atoms in total. The Kier molecular flexibility index (Phi) is 10.4. The minimum absolute atomic E-state index is 0.0820. The zero-order valence-electron chi connectivity index (χ0n) is 23.5. The number of fused-ring (bicyclic) bond motifs is 1. The molecule has 1 aliphatic rings. The van der Waals surface area contributed by atoms with Crippen LogP contribution >= 0.6 is 0 Å². The first-order chi connectivity index (χ1) is 19.9. The molecule has 1 aliphatic heterocycles. The van der Waals surface area contributed by atoms with E-state index < -0.39 is 73.0 Å². The molecule has 3 rings (SSSR count). The molecule has 2 aromatic rings. The van der Waals surface area contributed by atoms with Crippen LogP contribution in [-0.4, -0.2) is 72.8 Å². The molecule has 4 N–H and O–H groups in total. The highest BCUT2D eigenvalue weighted by molar-refractivity contribution is 6.01. The highest BCUT2D eigenvalue weighted by Gasteiger charge is 2.58. The molecule has 0 aliphatic carbocycles. The Balaban J connectivity index is 2.00. The smallest absolute Gasteiger partial charge is 0.423 e. The number of nitrogens with one attached hydrogen (secondary N) is 2. The summed E-state index contributed by atoms with van der Waals surface area (Å²) >= 11 is 0. The van der Waals surface area contributed by atoms with Crippen LogP contribution in [-0.2, 0) is 19.1 Å². The molecule has 1 fully saturated rings. The largest absolute Gasteiger partial charge is 0.496 e. The lowest BCUT2D eigenvalue weighted by Gasteiger charge is -2.28. The Morgan fingerprint density at radius 3 is 2.30 bits per heavy atom. The van der Waals surface area contributed by atoms with Crippen LogP contribution < -0.4 is 21.1 Å². The average Bonchev–Trinajstić information content (AvgIpc) is 3.48. The summed E-state index contributed by atoms with van der Waals surface area (Å²) < 4.78 is 88.7. The second kappa shape index (κ2) is 13.2. The fourth-order valence-electron chi connectivity index (χ4n) is 5.04. The summed E-state index contributed by atoms with van der Waals surface area (Å²) in [7, 11) is 1.40. The summed E-state index contributed by atoms with van der Waals surface area (Å²) in [5.74, 6) is -4.23. The molecule has 0 unspecified atom stereocenters. The number of benzene rings is 1. The summed E-state index contributed by atoms with van der Waals surface area (Å²) in [5, 5.41) is 5.36. The second-order valence-corrected chi connectivity index (χ2v) is 10.6. The summed E-state index contributed by atoms with van der Waals surface area (Å²) in [6.45, 7) is 2.12. The zero-order valence-corrected chi connectivity index (χ0v) is 23.5. The van der Waals surface area contributed by atoms with E-state index in [2.05, 4.69) is 15.4 Å². The van der Waals surface area contributed by atoms with Crippen molar-refractivity contribution in [2.24, 2.45) is 17.6 Å². The first-order valence-electron chi connectivity index (χ1n) is 13.3. The first kappa shape index (κ1) is 33.7. The second-order valence-electron chi connectivity index (χ2n) is 10.6. The third-order valence-corrected chi connectivity index (χ3v) is 7.00. The van der Waals surface area contributed by atoms with E-state index >= 15 is 0 Å². The topological polar surface area (TPSA) is 142 Å².